The van der Waals surface area contributed by atoms with Gasteiger partial charge in [0.2, 0.25) is 39.0 Å². The minimum atomic E-state index is -5.10. The minimum Gasteiger partial charge on any atom is -0.497 e. The molecule has 0 radical (unpaired) electrons. The van der Waals surface area contributed by atoms with Crippen molar-refractivity contribution in [3.63, 3.8) is 0 Å². The molecule has 7 atom stereocenters. The number of aromatic nitrogens is 2. The molecule has 3 heterocycles. The van der Waals surface area contributed by atoms with E-state index in [1.54, 1.807) is 0 Å². The monoisotopic (exact) mass is 908 g/mol. The topological polar surface area (TPSA) is 204 Å². The summed E-state index contributed by atoms with van der Waals surface area (Å²) in [4.78, 5) is 65.2. The zero-order valence-corrected chi connectivity index (χ0v) is 35.5. The number of alkyl halides is 6. The van der Waals surface area contributed by atoms with Crippen molar-refractivity contribution in [1.29, 1.82) is 0 Å². The van der Waals surface area contributed by atoms with Gasteiger partial charge in [0.25, 0.3) is 5.91 Å². The number of fused-ring (bicyclic) bond motifs is 3. The third-order valence-corrected chi connectivity index (χ3v) is 13.7. The molecule has 0 unspecified atom stereocenters. The lowest BCUT2D eigenvalue weighted by atomic mass is 9.86. The third-order valence-electron chi connectivity index (χ3n) is 11.9. The van der Waals surface area contributed by atoms with Gasteiger partial charge in [-0.2, -0.15) is 26.3 Å². The number of alkyl carbamates (subject to hydrolysis) is 1. The Kier molecular flexibility index (Phi) is 13.2. The van der Waals surface area contributed by atoms with Crippen molar-refractivity contribution in [2.45, 2.75) is 125 Å². The number of ether oxygens (including phenoxy) is 4. The van der Waals surface area contributed by atoms with Gasteiger partial charge in [-0.1, -0.05) is 26.2 Å². The van der Waals surface area contributed by atoms with Crippen LogP contribution in [-0.4, -0.2) is 115 Å². The van der Waals surface area contributed by atoms with E-state index in [9.17, 15) is 53.9 Å². The van der Waals surface area contributed by atoms with E-state index in [1.165, 1.54) is 32.4 Å². The first-order chi connectivity index (χ1) is 28.9. The van der Waals surface area contributed by atoms with Crippen molar-refractivity contribution in [2.24, 2.45) is 17.8 Å². The summed E-state index contributed by atoms with van der Waals surface area (Å²) in [6.07, 6.45) is -10.7. The van der Waals surface area contributed by atoms with Crippen molar-refractivity contribution in [3.8, 4) is 11.6 Å². The maximum Gasteiger partial charge on any atom is 0.438 e. The quantitative estimate of drug-likeness (QED) is 0.276. The number of nitrogens with one attached hydrogen (secondary N) is 3. The van der Waals surface area contributed by atoms with E-state index >= 15 is 0 Å². The van der Waals surface area contributed by atoms with Crippen LogP contribution in [0.3, 0.4) is 0 Å². The molecule has 2 aliphatic heterocycles. The molecule has 23 heteroatoms. The first-order valence-electron chi connectivity index (χ1n) is 20.2. The van der Waals surface area contributed by atoms with Crippen molar-refractivity contribution in [2.75, 3.05) is 27.4 Å². The fourth-order valence-electron chi connectivity index (χ4n) is 8.13. The normalized spacial score (nSPS) is 27.8. The zero-order valence-electron chi connectivity index (χ0n) is 34.7. The predicted octanol–water partition coefficient (Wildman–Crippen LogP) is 4.79. The van der Waals surface area contributed by atoms with Crippen LogP contribution in [0, 0.1) is 17.8 Å². The Hall–Kier alpha value is -4.67. The summed E-state index contributed by atoms with van der Waals surface area (Å²) in [7, 11) is -1.44. The van der Waals surface area contributed by atoms with Gasteiger partial charge in [-0.3, -0.25) is 19.1 Å². The number of benzene rings is 1. The van der Waals surface area contributed by atoms with Crippen LogP contribution in [-0.2, 0) is 40.1 Å². The largest absolute Gasteiger partial charge is 0.497 e. The third kappa shape index (κ3) is 10.2. The Balaban J connectivity index is 1.40. The Bertz CT molecular complexity index is 2160. The molecule has 344 valence electrons. The number of amides is 4. The molecule has 2 aliphatic carbocycles. The number of halogens is 6. The van der Waals surface area contributed by atoms with Crippen LogP contribution in [0.4, 0.5) is 31.1 Å². The molecule has 2 saturated heterocycles. The first-order valence-corrected chi connectivity index (χ1v) is 21.8. The highest BCUT2D eigenvalue weighted by Gasteiger charge is 2.63. The molecule has 1 aromatic heterocycles. The highest BCUT2D eigenvalue weighted by molar-refractivity contribution is 7.91. The average molecular weight is 909 g/mol. The molecule has 4 amide bonds. The van der Waals surface area contributed by atoms with Gasteiger partial charge in [0, 0.05) is 25.5 Å². The fraction of sp³-hybridized carbons (Fsp3) is 0.692. The van der Waals surface area contributed by atoms with Crippen LogP contribution in [0.2, 0.25) is 0 Å². The number of hydrogen-bond donors (Lipinski definition) is 3. The van der Waals surface area contributed by atoms with E-state index in [0.29, 0.717) is 52.4 Å². The molecule has 6 rings (SSSR count). The lowest BCUT2D eigenvalue weighted by molar-refractivity contribution is -0.244. The van der Waals surface area contributed by atoms with Crippen LogP contribution in [0.5, 0.6) is 11.6 Å². The van der Waals surface area contributed by atoms with E-state index in [2.05, 4.69) is 25.3 Å². The van der Waals surface area contributed by atoms with Gasteiger partial charge in [0.1, 0.15) is 29.5 Å². The summed E-state index contributed by atoms with van der Waals surface area (Å²) in [6, 6.07) is 0.594. The Morgan fingerprint density at radius 1 is 0.984 bits per heavy atom. The number of carbonyl (C=O) groups excluding carboxylic acids is 4. The molecule has 2 saturated carbocycles. The molecule has 4 fully saturated rings. The fourth-order valence-corrected chi connectivity index (χ4v) is 9.50. The second-order valence-corrected chi connectivity index (χ2v) is 19.1. The summed E-state index contributed by atoms with van der Waals surface area (Å²) in [5.74, 6) is -5.40. The highest BCUT2D eigenvalue weighted by atomic mass is 32.2. The predicted molar refractivity (Wildman–Crippen MR) is 206 cm³/mol. The lowest BCUT2D eigenvalue weighted by Crippen LogP contribution is -2.60. The Labute approximate surface area is 353 Å². The number of carbonyl (C=O) groups is 4. The van der Waals surface area contributed by atoms with Crippen LogP contribution >= 0.6 is 0 Å². The van der Waals surface area contributed by atoms with Gasteiger partial charge in [0.05, 0.1) is 36.5 Å². The van der Waals surface area contributed by atoms with Gasteiger partial charge in [-0.05, 0) is 69.9 Å². The number of nitrogens with zero attached hydrogens (tertiary/aromatic N) is 3. The Morgan fingerprint density at radius 2 is 1.68 bits per heavy atom. The summed E-state index contributed by atoms with van der Waals surface area (Å²) in [6.45, 7) is 2.24. The van der Waals surface area contributed by atoms with E-state index in [0.717, 1.165) is 4.90 Å². The van der Waals surface area contributed by atoms with Gasteiger partial charge in [-0.15, -0.1) is 0 Å². The summed E-state index contributed by atoms with van der Waals surface area (Å²) >= 11 is 0. The SMILES string of the molecule is COC[C@@H]1C[C@@H](C)CCCC[C@@H]2C[C@@]2(C(=O)NS(=O)(=O)C2CC2)NC(=O)[C@@H]2C[C@@H](Oc3nc4cc(OC)ccc4nc3C(F)(F)F)CN2C(=O)[C@H]1NC(=O)OC(C)(C)C(F)(F)F. The van der Waals surface area contributed by atoms with E-state index < -0.39 is 117 Å². The molecule has 16 nitrogen and oxygen atoms in total. The van der Waals surface area contributed by atoms with E-state index in [-0.39, 0.29) is 42.1 Å². The van der Waals surface area contributed by atoms with Crippen molar-refractivity contribution < 1.29 is 72.9 Å². The second-order valence-electron chi connectivity index (χ2n) is 17.1. The van der Waals surface area contributed by atoms with Gasteiger partial charge in [0.15, 0.2) is 0 Å². The standard InChI is InChI=1S/C39H50F6N6O10S/c1-20-8-6-7-9-22-17-37(22,34(54)50-62(56,57)25-11-12-25)49-31(52)28-16-24(60-32-30(38(40,41)42)46-26-13-10-23(59-5)15-27(26)47-32)18-51(28)33(53)29(21(14-20)19-58-4)48-35(55)61-36(2,3)39(43,44)45/h10,13,15,20-22,24-25,28-29H,6-9,11-12,14,16-19H2,1-5H3,(H,48,55)(H,49,52)(H,50,54)/t20-,21-,22+,24+,28-,29-,37+/m0/s1. The van der Waals surface area contributed by atoms with Crippen molar-refractivity contribution in [3.05, 3.63) is 23.9 Å². The molecule has 3 N–H and O–H groups in total. The maximum atomic E-state index is 14.9. The van der Waals surface area contributed by atoms with E-state index in [1.807, 2.05) is 6.92 Å². The molecule has 2 aromatic rings. The van der Waals surface area contributed by atoms with Crippen molar-refractivity contribution in [1.82, 2.24) is 30.2 Å². The maximum absolute atomic E-state index is 14.9. The van der Waals surface area contributed by atoms with Crippen LogP contribution in [0.25, 0.3) is 11.0 Å². The molecular formula is C39H50F6N6O10S. The Morgan fingerprint density at radius 3 is 2.31 bits per heavy atom. The molecule has 4 aliphatic rings. The van der Waals surface area contributed by atoms with E-state index in [4.69, 9.17) is 18.9 Å². The smallest absolute Gasteiger partial charge is 0.438 e. The molecule has 0 bridgehead atoms. The van der Waals surface area contributed by atoms with Crippen LogP contribution in [0.15, 0.2) is 18.2 Å². The summed E-state index contributed by atoms with van der Waals surface area (Å²) < 4.78 is 134. The second kappa shape index (κ2) is 17.5. The number of rotatable bonds is 10. The summed E-state index contributed by atoms with van der Waals surface area (Å²) in [5, 5.41) is 4.15. The number of sulfonamides is 1. The first kappa shape index (κ1) is 46.8. The van der Waals surface area contributed by atoms with Gasteiger partial charge in [-0.25, -0.2) is 23.2 Å². The zero-order chi connectivity index (χ0) is 45.6. The summed E-state index contributed by atoms with van der Waals surface area (Å²) in [5.41, 5.74) is -6.47. The van der Waals surface area contributed by atoms with Gasteiger partial charge >= 0.3 is 18.4 Å². The van der Waals surface area contributed by atoms with Gasteiger partial charge < -0.3 is 34.5 Å². The van der Waals surface area contributed by atoms with Crippen molar-refractivity contribution >= 4 is 44.9 Å². The molecular weight excluding hydrogens is 859 g/mol. The average Bonchev–Trinajstić information content (AvgIpc) is 4.10. The number of hydrogen-bond acceptors (Lipinski definition) is 12. The van der Waals surface area contributed by atoms with Crippen LogP contribution < -0.4 is 24.8 Å². The lowest BCUT2D eigenvalue weighted by Gasteiger charge is -2.35. The molecule has 62 heavy (non-hydrogen) atoms. The number of methoxy groups -OCH3 is 2. The highest BCUT2D eigenvalue weighted by Crippen LogP contribution is 2.48. The molecule has 1 aromatic carbocycles. The minimum absolute atomic E-state index is 0.0485. The van der Waals surface area contributed by atoms with Crippen LogP contribution in [0.1, 0.15) is 84.3 Å². The molecule has 0 spiro atoms.